The lowest BCUT2D eigenvalue weighted by Crippen LogP contribution is -2.22. The second-order valence-electron chi connectivity index (χ2n) is 3.64. The van der Waals surface area contributed by atoms with Gasteiger partial charge in [0.15, 0.2) is 0 Å². The Bertz CT molecular complexity index is 359. The van der Waals surface area contributed by atoms with Gasteiger partial charge in [-0.25, -0.2) is 0 Å². The van der Waals surface area contributed by atoms with Gasteiger partial charge in [0.05, 0.1) is 11.4 Å². The molecule has 0 aliphatic carbocycles. The van der Waals surface area contributed by atoms with Crippen molar-refractivity contribution in [3.63, 3.8) is 0 Å². The molecular formula is C13H20N2S. The lowest BCUT2D eigenvalue weighted by Gasteiger charge is -2.18. The van der Waals surface area contributed by atoms with Gasteiger partial charge in [0, 0.05) is 11.4 Å². The molecule has 0 unspecified atom stereocenters. The molecule has 1 aromatic rings. The molecule has 0 fully saturated rings. The van der Waals surface area contributed by atoms with E-state index in [4.69, 9.17) is 5.73 Å². The lowest BCUT2D eigenvalue weighted by atomic mass is 10.3. The van der Waals surface area contributed by atoms with Gasteiger partial charge in [-0.05, 0) is 31.6 Å². The number of hydrogen-bond donors (Lipinski definition) is 1. The Kier molecular flexibility index (Phi) is 6.17. The molecule has 3 heteroatoms. The summed E-state index contributed by atoms with van der Waals surface area (Å²) in [6, 6.07) is 4.26. The van der Waals surface area contributed by atoms with Crippen LogP contribution in [0.1, 0.15) is 30.0 Å². The van der Waals surface area contributed by atoms with Crippen LogP contribution in [0.25, 0.3) is 0 Å². The zero-order valence-electron chi connectivity index (χ0n) is 10.1. The van der Waals surface area contributed by atoms with Crippen molar-refractivity contribution in [2.45, 2.75) is 26.8 Å². The van der Waals surface area contributed by atoms with Crippen molar-refractivity contribution in [1.29, 1.82) is 0 Å². The largest absolute Gasteiger partial charge is 0.320 e. The Hall–Kier alpha value is -0.820. The number of rotatable bonds is 5. The molecule has 0 spiro atoms. The Balaban J connectivity index is 2.56. The molecule has 2 N–H and O–H groups in total. The maximum absolute atomic E-state index is 5.35. The molecule has 1 aromatic heterocycles. The van der Waals surface area contributed by atoms with Gasteiger partial charge in [-0.2, -0.15) is 0 Å². The quantitative estimate of drug-likeness (QED) is 0.795. The van der Waals surface area contributed by atoms with Gasteiger partial charge in [-0.15, -0.1) is 11.3 Å². The molecule has 0 amide bonds. The Morgan fingerprint density at radius 3 is 2.81 bits per heavy atom. The van der Waals surface area contributed by atoms with Gasteiger partial charge in [0.1, 0.15) is 0 Å². The average Bonchev–Trinajstić information content (AvgIpc) is 2.73. The third kappa shape index (κ3) is 4.36. The highest BCUT2D eigenvalue weighted by Gasteiger charge is 2.04. The highest BCUT2D eigenvalue weighted by molar-refractivity contribution is 7.12. The van der Waals surface area contributed by atoms with Crippen LogP contribution in [0, 0.1) is 11.8 Å². The first-order chi connectivity index (χ1) is 7.80. The summed E-state index contributed by atoms with van der Waals surface area (Å²) in [5.74, 6) is 5.96. The van der Waals surface area contributed by atoms with E-state index in [1.54, 1.807) is 11.3 Å². The minimum Gasteiger partial charge on any atom is -0.320 e. The van der Waals surface area contributed by atoms with Crippen LogP contribution in [-0.4, -0.2) is 24.5 Å². The minimum absolute atomic E-state index is 0.435. The van der Waals surface area contributed by atoms with E-state index in [1.807, 2.05) is 0 Å². The smallest absolute Gasteiger partial charge is 0.0772 e. The molecule has 0 bridgehead atoms. The van der Waals surface area contributed by atoms with Gasteiger partial charge in [0.2, 0.25) is 0 Å². The van der Waals surface area contributed by atoms with Gasteiger partial charge >= 0.3 is 0 Å². The predicted octanol–water partition coefficient (Wildman–Crippen LogP) is 2.29. The summed E-state index contributed by atoms with van der Waals surface area (Å²) < 4.78 is 0. The van der Waals surface area contributed by atoms with Crippen molar-refractivity contribution in [3.8, 4) is 11.8 Å². The SMILES string of the molecule is CCCN(CC)Cc1ccc(C#CCN)s1. The van der Waals surface area contributed by atoms with E-state index in [0.29, 0.717) is 6.54 Å². The van der Waals surface area contributed by atoms with Gasteiger partial charge in [-0.3, -0.25) is 4.90 Å². The predicted molar refractivity (Wildman–Crippen MR) is 71.5 cm³/mol. The molecular weight excluding hydrogens is 216 g/mol. The first kappa shape index (κ1) is 13.2. The molecule has 0 saturated carbocycles. The molecule has 0 radical (unpaired) electrons. The second-order valence-corrected chi connectivity index (χ2v) is 4.81. The fraction of sp³-hybridized carbons (Fsp3) is 0.538. The van der Waals surface area contributed by atoms with Crippen LogP contribution in [-0.2, 0) is 6.54 Å². The maximum Gasteiger partial charge on any atom is 0.0772 e. The van der Waals surface area contributed by atoms with Crippen molar-refractivity contribution >= 4 is 11.3 Å². The first-order valence-corrected chi connectivity index (χ1v) is 6.61. The third-order valence-corrected chi connectivity index (χ3v) is 3.33. The van der Waals surface area contributed by atoms with E-state index in [-0.39, 0.29) is 0 Å². The van der Waals surface area contributed by atoms with Crippen LogP contribution in [0.2, 0.25) is 0 Å². The zero-order chi connectivity index (χ0) is 11.8. The van der Waals surface area contributed by atoms with Crippen LogP contribution in [0.4, 0.5) is 0 Å². The van der Waals surface area contributed by atoms with Crippen LogP contribution in [0.5, 0.6) is 0 Å². The fourth-order valence-electron chi connectivity index (χ4n) is 1.55. The zero-order valence-corrected chi connectivity index (χ0v) is 10.9. The number of nitrogens with two attached hydrogens (primary N) is 1. The normalized spacial score (nSPS) is 10.2. The second kappa shape index (κ2) is 7.45. The monoisotopic (exact) mass is 236 g/mol. The van der Waals surface area contributed by atoms with Crippen LogP contribution in [0.3, 0.4) is 0 Å². The molecule has 0 aliphatic rings. The highest BCUT2D eigenvalue weighted by atomic mass is 32.1. The van der Waals surface area contributed by atoms with E-state index in [0.717, 1.165) is 24.5 Å². The Morgan fingerprint density at radius 1 is 1.38 bits per heavy atom. The number of nitrogens with zero attached hydrogens (tertiary/aromatic N) is 1. The molecule has 0 atom stereocenters. The summed E-state index contributed by atoms with van der Waals surface area (Å²) in [5.41, 5.74) is 5.35. The van der Waals surface area contributed by atoms with E-state index in [2.05, 4.69) is 42.7 Å². The Labute approximate surface area is 102 Å². The van der Waals surface area contributed by atoms with E-state index in [1.165, 1.54) is 11.3 Å². The van der Waals surface area contributed by atoms with Gasteiger partial charge < -0.3 is 5.73 Å². The van der Waals surface area contributed by atoms with Crippen molar-refractivity contribution in [1.82, 2.24) is 4.90 Å². The first-order valence-electron chi connectivity index (χ1n) is 5.80. The molecule has 1 rings (SSSR count). The molecule has 16 heavy (non-hydrogen) atoms. The van der Waals surface area contributed by atoms with Crippen molar-refractivity contribution in [2.75, 3.05) is 19.6 Å². The average molecular weight is 236 g/mol. The fourth-order valence-corrected chi connectivity index (χ4v) is 2.48. The summed E-state index contributed by atoms with van der Waals surface area (Å²) in [5, 5.41) is 0. The van der Waals surface area contributed by atoms with Gasteiger partial charge in [-0.1, -0.05) is 25.7 Å². The van der Waals surface area contributed by atoms with E-state index >= 15 is 0 Å². The van der Waals surface area contributed by atoms with Gasteiger partial charge in [0.25, 0.3) is 0 Å². The molecule has 88 valence electrons. The van der Waals surface area contributed by atoms with Crippen molar-refractivity contribution in [2.24, 2.45) is 5.73 Å². The van der Waals surface area contributed by atoms with E-state index in [9.17, 15) is 0 Å². The summed E-state index contributed by atoms with van der Waals surface area (Å²) in [7, 11) is 0. The molecule has 0 aromatic carbocycles. The molecule has 1 heterocycles. The topological polar surface area (TPSA) is 29.3 Å². The van der Waals surface area contributed by atoms with Crippen LogP contribution >= 0.6 is 11.3 Å². The minimum atomic E-state index is 0.435. The van der Waals surface area contributed by atoms with E-state index < -0.39 is 0 Å². The lowest BCUT2D eigenvalue weighted by molar-refractivity contribution is 0.283. The summed E-state index contributed by atoms with van der Waals surface area (Å²) in [6.45, 7) is 8.17. The molecule has 0 aliphatic heterocycles. The summed E-state index contributed by atoms with van der Waals surface area (Å²) >= 11 is 1.77. The number of hydrogen-bond acceptors (Lipinski definition) is 3. The summed E-state index contributed by atoms with van der Waals surface area (Å²) in [6.07, 6.45) is 1.21. The van der Waals surface area contributed by atoms with Crippen molar-refractivity contribution in [3.05, 3.63) is 21.9 Å². The van der Waals surface area contributed by atoms with Crippen LogP contribution < -0.4 is 5.73 Å². The molecule has 2 nitrogen and oxygen atoms in total. The molecule has 0 saturated heterocycles. The highest BCUT2D eigenvalue weighted by Crippen LogP contribution is 2.17. The third-order valence-electron chi connectivity index (χ3n) is 2.34. The summed E-state index contributed by atoms with van der Waals surface area (Å²) in [4.78, 5) is 4.95. The number of thiophene rings is 1. The standard InChI is InChI=1S/C13H20N2S/c1-3-10-15(4-2)11-13-8-7-12(16-13)6-5-9-14/h7-8H,3-4,9-11,14H2,1-2H3. The maximum atomic E-state index is 5.35. The van der Waals surface area contributed by atoms with Crippen LogP contribution in [0.15, 0.2) is 12.1 Å². The van der Waals surface area contributed by atoms with Crippen molar-refractivity contribution < 1.29 is 0 Å². The Morgan fingerprint density at radius 2 is 2.19 bits per heavy atom.